The van der Waals surface area contributed by atoms with Crippen molar-refractivity contribution in [3.05, 3.63) is 27.8 Å². The fourth-order valence-electron chi connectivity index (χ4n) is 1.63. The van der Waals surface area contributed by atoms with Gasteiger partial charge in [-0.15, -0.1) is 23.1 Å². The van der Waals surface area contributed by atoms with E-state index in [1.54, 1.807) is 11.6 Å². The summed E-state index contributed by atoms with van der Waals surface area (Å²) in [5.41, 5.74) is 2.14. The third-order valence-electron chi connectivity index (χ3n) is 2.48. The molecule has 0 amide bonds. The Labute approximate surface area is 112 Å². The number of hydrogen-bond donors (Lipinski definition) is 1. The summed E-state index contributed by atoms with van der Waals surface area (Å²) in [6.07, 6.45) is 0.608. The quantitative estimate of drug-likeness (QED) is 0.519. The molecule has 1 aromatic heterocycles. The number of nitrogens with zero attached hydrogens (tertiary/aromatic N) is 2. The highest BCUT2D eigenvalue weighted by Crippen LogP contribution is 2.38. The third-order valence-corrected chi connectivity index (χ3v) is 4.50. The minimum atomic E-state index is -0.379. The number of hydrogen-bond acceptors (Lipinski definition) is 6. The van der Waals surface area contributed by atoms with Crippen LogP contribution in [0.3, 0.4) is 0 Å². The molecule has 0 saturated carbocycles. The molecule has 5 nitrogen and oxygen atoms in total. The van der Waals surface area contributed by atoms with Gasteiger partial charge < -0.3 is 5.11 Å². The first kappa shape index (κ1) is 13.3. The summed E-state index contributed by atoms with van der Waals surface area (Å²) >= 11 is 2.80. The van der Waals surface area contributed by atoms with E-state index in [0.717, 1.165) is 4.70 Å². The first-order valence-electron chi connectivity index (χ1n) is 5.41. The van der Waals surface area contributed by atoms with Crippen molar-refractivity contribution < 1.29 is 10.0 Å². The van der Waals surface area contributed by atoms with Crippen LogP contribution in [0.4, 0.5) is 5.69 Å². The number of nitro groups is 1. The molecule has 2 aromatic rings. The second-order valence-corrected chi connectivity index (χ2v) is 6.18. The molecular weight excluding hydrogens is 272 g/mol. The summed E-state index contributed by atoms with van der Waals surface area (Å²) in [6.45, 7) is 2.02. The topological polar surface area (TPSA) is 76.3 Å². The number of rotatable bonds is 5. The summed E-state index contributed by atoms with van der Waals surface area (Å²) in [5.74, 6) is 0. The van der Waals surface area contributed by atoms with Crippen molar-refractivity contribution in [2.45, 2.75) is 23.5 Å². The Bertz CT molecular complexity index is 570. The molecule has 1 aromatic carbocycles. The normalized spacial score (nSPS) is 12.8. The molecule has 0 fully saturated rings. The maximum atomic E-state index is 11.2. The van der Waals surface area contributed by atoms with Crippen molar-refractivity contribution in [2.24, 2.45) is 0 Å². The molecule has 2 rings (SSSR count). The van der Waals surface area contributed by atoms with Crippen LogP contribution in [0.5, 0.6) is 0 Å². The van der Waals surface area contributed by atoms with Gasteiger partial charge in [0.25, 0.3) is 0 Å². The minimum Gasteiger partial charge on any atom is -0.396 e. The lowest BCUT2D eigenvalue weighted by Gasteiger charge is -2.09. The number of aliphatic hydroxyl groups is 1. The molecule has 18 heavy (non-hydrogen) atoms. The van der Waals surface area contributed by atoms with E-state index in [4.69, 9.17) is 5.11 Å². The van der Waals surface area contributed by atoms with Crippen LogP contribution in [-0.4, -0.2) is 26.9 Å². The Morgan fingerprint density at radius 1 is 1.61 bits per heavy atom. The van der Waals surface area contributed by atoms with Gasteiger partial charge in [-0.05, 0) is 18.6 Å². The van der Waals surface area contributed by atoms with Gasteiger partial charge in [0.05, 0.1) is 20.0 Å². The van der Waals surface area contributed by atoms with Crippen LogP contribution < -0.4 is 0 Å². The number of nitro benzene ring substituents is 1. The zero-order valence-corrected chi connectivity index (χ0v) is 11.3. The molecular formula is C11H12N2O3S2. The third kappa shape index (κ3) is 2.63. The molecule has 0 bridgehead atoms. The van der Waals surface area contributed by atoms with Crippen LogP contribution in [0.15, 0.2) is 22.5 Å². The van der Waals surface area contributed by atoms with Crippen LogP contribution in [0.2, 0.25) is 0 Å². The van der Waals surface area contributed by atoms with E-state index in [2.05, 4.69) is 4.98 Å². The van der Waals surface area contributed by atoms with Gasteiger partial charge in [0.2, 0.25) is 0 Å². The van der Waals surface area contributed by atoms with Gasteiger partial charge in [0, 0.05) is 11.9 Å². The second-order valence-electron chi connectivity index (χ2n) is 3.81. The molecule has 1 heterocycles. The maximum absolute atomic E-state index is 11.2. The first-order chi connectivity index (χ1) is 8.63. The summed E-state index contributed by atoms with van der Waals surface area (Å²) in [5, 5.41) is 20.2. The number of thiazole rings is 1. The van der Waals surface area contributed by atoms with Gasteiger partial charge in [-0.25, -0.2) is 4.98 Å². The Balaban J connectivity index is 2.43. The summed E-state index contributed by atoms with van der Waals surface area (Å²) < 4.78 is 0.820. The van der Waals surface area contributed by atoms with Crippen molar-refractivity contribution in [3.63, 3.8) is 0 Å². The van der Waals surface area contributed by atoms with Crippen LogP contribution in [0.1, 0.15) is 13.3 Å². The van der Waals surface area contributed by atoms with E-state index in [1.807, 2.05) is 13.0 Å². The lowest BCUT2D eigenvalue weighted by molar-refractivity contribution is -0.386. The summed E-state index contributed by atoms with van der Waals surface area (Å²) in [4.78, 5) is 15.5. The van der Waals surface area contributed by atoms with Gasteiger partial charge in [-0.3, -0.25) is 10.1 Å². The van der Waals surface area contributed by atoms with Crippen LogP contribution in [0.25, 0.3) is 10.2 Å². The fraction of sp³-hybridized carbons (Fsp3) is 0.364. The standard InChI is InChI=1S/C11H12N2O3S2/c1-7(4-5-14)18-9-3-2-8-10(12-6-17-8)11(9)13(15)16/h2-3,6-7,14H,4-5H2,1H3. The first-order valence-corrected chi connectivity index (χ1v) is 7.17. The fourth-order valence-corrected chi connectivity index (χ4v) is 3.39. The monoisotopic (exact) mass is 284 g/mol. The molecule has 96 valence electrons. The highest BCUT2D eigenvalue weighted by atomic mass is 32.2. The number of benzene rings is 1. The van der Waals surface area contributed by atoms with Crippen LogP contribution >= 0.6 is 23.1 Å². The van der Waals surface area contributed by atoms with Gasteiger partial charge in [0.15, 0.2) is 5.52 Å². The van der Waals surface area contributed by atoms with E-state index >= 15 is 0 Å². The van der Waals surface area contributed by atoms with Crippen molar-refractivity contribution in [2.75, 3.05) is 6.61 Å². The molecule has 0 saturated heterocycles. The number of fused-ring (bicyclic) bond motifs is 1. The number of aliphatic hydroxyl groups excluding tert-OH is 1. The molecule has 7 heteroatoms. The maximum Gasteiger partial charge on any atom is 0.309 e. The van der Waals surface area contributed by atoms with Crippen LogP contribution in [-0.2, 0) is 0 Å². The predicted octanol–water partition coefficient (Wildman–Crippen LogP) is 3.07. The molecule has 0 aliphatic carbocycles. The molecule has 0 aliphatic heterocycles. The highest BCUT2D eigenvalue weighted by molar-refractivity contribution is 8.00. The predicted molar refractivity (Wildman–Crippen MR) is 73.3 cm³/mol. The minimum absolute atomic E-state index is 0.0727. The Kier molecular flexibility index (Phi) is 4.15. The van der Waals surface area contributed by atoms with Crippen LogP contribution in [0, 0.1) is 10.1 Å². The highest BCUT2D eigenvalue weighted by Gasteiger charge is 2.22. The zero-order chi connectivity index (χ0) is 13.1. The molecule has 0 spiro atoms. The molecule has 0 radical (unpaired) electrons. The second kappa shape index (κ2) is 5.64. The Morgan fingerprint density at radius 2 is 2.39 bits per heavy atom. The zero-order valence-electron chi connectivity index (χ0n) is 9.70. The van der Waals surface area contributed by atoms with Gasteiger partial charge in [-0.1, -0.05) is 6.92 Å². The smallest absolute Gasteiger partial charge is 0.309 e. The van der Waals surface area contributed by atoms with E-state index in [9.17, 15) is 10.1 Å². The molecule has 1 unspecified atom stereocenters. The van der Waals surface area contributed by atoms with E-state index < -0.39 is 0 Å². The van der Waals surface area contributed by atoms with Gasteiger partial charge >= 0.3 is 5.69 Å². The van der Waals surface area contributed by atoms with Crippen molar-refractivity contribution >= 4 is 39.0 Å². The molecule has 1 N–H and O–H groups in total. The van der Waals surface area contributed by atoms with E-state index in [-0.39, 0.29) is 22.5 Å². The number of aromatic nitrogens is 1. The average molecular weight is 284 g/mol. The SMILES string of the molecule is CC(CCO)Sc1ccc2scnc2c1[N+](=O)[O-]. The van der Waals surface area contributed by atoms with Gasteiger partial charge in [-0.2, -0.15) is 0 Å². The summed E-state index contributed by atoms with van der Waals surface area (Å²) in [6, 6.07) is 3.62. The Hall–Kier alpha value is -1.18. The van der Waals surface area contributed by atoms with Crippen molar-refractivity contribution in [1.29, 1.82) is 0 Å². The summed E-state index contributed by atoms with van der Waals surface area (Å²) in [7, 11) is 0. The Morgan fingerprint density at radius 3 is 3.06 bits per heavy atom. The van der Waals surface area contributed by atoms with Gasteiger partial charge in [0.1, 0.15) is 0 Å². The molecule has 1 atom stereocenters. The lowest BCUT2D eigenvalue weighted by Crippen LogP contribution is -2.01. The largest absolute Gasteiger partial charge is 0.396 e. The lowest BCUT2D eigenvalue weighted by atomic mass is 10.3. The van der Waals surface area contributed by atoms with E-state index in [0.29, 0.717) is 16.8 Å². The molecule has 0 aliphatic rings. The van der Waals surface area contributed by atoms with Crippen molar-refractivity contribution in [1.82, 2.24) is 4.98 Å². The average Bonchev–Trinajstić information content (AvgIpc) is 2.76. The van der Waals surface area contributed by atoms with Crippen molar-refractivity contribution in [3.8, 4) is 0 Å². The van der Waals surface area contributed by atoms with E-state index in [1.165, 1.54) is 23.1 Å². The number of thioether (sulfide) groups is 1.